The molecule has 0 aromatic carbocycles. The lowest BCUT2D eigenvalue weighted by Gasteiger charge is -2.25. The number of nitrogens with zero attached hydrogens (tertiary/aromatic N) is 3. The zero-order chi connectivity index (χ0) is 13.5. The summed E-state index contributed by atoms with van der Waals surface area (Å²) in [4.78, 5) is 6.39. The third-order valence-corrected chi connectivity index (χ3v) is 4.40. The predicted octanol–water partition coefficient (Wildman–Crippen LogP) is 1.82. The standard InChI is InChI=1S/C13H22N4OS/c1-14-13(15-9-11-4-7-19-8-5-11)17(2)10-12-3-6-18-16-12/h3,6,11H,4-5,7-10H2,1-2H3,(H,14,15). The van der Waals surface area contributed by atoms with Crippen molar-refractivity contribution in [2.24, 2.45) is 10.9 Å². The summed E-state index contributed by atoms with van der Waals surface area (Å²) < 4.78 is 4.84. The highest BCUT2D eigenvalue weighted by atomic mass is 32.2. The molecule has 0 radical (unpaired) electrons. The van der Waals surface area contributed by atoms with E-state index in [0.717, 1.165) is 24.1 Å². The molecule has 0 saturated carbocycles. The van der Waals surface area contributed by atoms with Gasteiger partial charge in [-0.1, -0.05) is 5.16 Å². The lowest BCUT2D eigenvalue weighted by atomic mass is 10.0. The highest BCUT2D eigenvalue weighted by Crippen LogP contribution is 2.21. The van der Waals surface area contributed by atoms with Crippen LogP contribution in [0.4, 0.5) is 0 Å². The van der Waals surface area contributed by atoms with Crippen LogP contribution in [0.15, 0.2) is 21.8 Å². The number of hydrogen-bond donors (Lipinski definition) is 1. The van der Waals surface area contributed by atoms with Gasteiger partial charge in [0.2, 0.25) is 0 Å². The maximum absolute atomic E-state index is 4.84. The van der Waals surface area contributed by atoms with Crippen LogP contribution in [0.5, 0.6) is 0 Å². The zero-order valence-electron chi connectivity index (χ0n) is 11.6. The van der Waals surface area contributed by atoms with E-state index in [4.69, 9.17) is 4.52 Å². The van der Waals surface area contributed by atoms with Gasteiger partial charge in [-0.2, -0.15) is 11.8 Å². The molecule has 1 aromatic rings. The van der Waals surface area contributed by atoms with Gasteiger partial charge in [0.25, 0.3) is 0 Å². The molecular weight excluding hydrogens is 260 g/mol. The minimum Gasteiger partial charge on any atom is -0.364 e. The van der Waals surface area contributed by atoms with Crippen molar-refractivity contribution < 1.29 is 4.52 Å². The van der Waals surface area contributed by atoms with E-state index in [1.165, 1.54) is 24.3 Å². The predicted molar refractivity (Wildman–Crippen MR) is 79.4 cm³/mol. The van der Waals surface area contributed by atoms with Crippen LogP contribution in [0.1, 0.15) is 18.5 Å². The van der Waals surface area contributed by atoms with Crippen molar-refractivity contribution in [3.63, 3.8) is 0 Å². The van der Waals surface area contributed by atoms with E-state index in [0.29, 0.717) is 6.54 Å². The van der Waals surface area contributed by atoms with Crippen molar-refractivity contribution in [2.75, 3.05) is 32.1 Å². The van der Waals surface area contributed by atoms with Gasteiger partial charge in [-0.05, 0) is 30.3 Å². The van der Waals surface area contributed by atoms with Crippen LogP contribution < -0.4 is 5.32 Å². The van der Waals surface area contributed by atoms with Gasteiger partial charge in [0.1, 0.15) is 12.0 Å². The van der Waals surface area contributed by atoms with Crippen molar-refractivity contribution in [1.82, 2.24) is 15.4 Å². The van der Waals surface area contributed by atoms with E-state index in [2.05, 4.69) is 32.1 Å². The Morgan fingerprint density at radius 2 is 2.37 bits per heavy atom. The fourth-order valence-corrected chi connectivity index (χ4v) is 3.41. The van der Waals surface area contributed by atoms with Gasteiger partial charge in [0.05, 0.1) is 6.54 Å². The van der Waals surface area contributed by atoms with Crippen LogP contribution in [-0.2, 0) is 6.54 Å². The van der Waals surface area contributed by atoms with E-state index in [-0.39, 0.29) is 0 Å². The van der Waals surface area contributed by atoms with Crippen molar-refractivity contribution in [1.29, 1.82) is 0 Å². The molecular formula is C13H22N4OS. The fourth-order valence-electron chi connectivity index (χ4n) is 2.21. The normalized spacial score (nSPS) is 17.5. The highest BCUT2D eigenvalue weighted by molar-refractivity contribution is 7.99. The molecule has 1 saturated heterocycles. The molecule has 19 heavy (non-hydrogen) atoms. The summed E-state index contributed by atoms with van der Waals surface area (Å²) >= 11 is 2.06. The smallest absolute Gasteiger partial charge is 0.193 e. The molecule has 0 bridgehead atoms. The molecule has 1 aliphatic rings. The molecule has 0 amide bonds. The van der Waals surface area contributed by atoms with Gasteiger partial charge in [-0.25, -0.2) is 0 Å². The van der Waals surface area contributed by atoms with Crippen LogP contribution in [0.3, 0.4) is 0 Å². The number of nitrogens with one attached hydrogen (secondary N) is 1. The Hall–Kier alpha value is -1.17. The van der Waals surface area contributed by atoms with Gasteiger partial charge in [0.15, 0.2) is 5.96 Å². The monoisotopic (exact) mass is 282 g/mol. The van der Waals surface area contributed by atoms with Crippen molar-refractivity contribution in [2.45, 2.75) is 19.4 Å². The summed E-state index contributed by atoms with van der Waals surface area (Å²) in [5.74, 6) is 4.28. The molecule has 5 nitrogen and oxygen atoms in total. The fraction of sp³-hybridized carbons (Fsp3) is 0.692. The molecule has 1 aromatic heterocycles. The Morgan fingerprint density at radius 1 is 1.58 bits per heavy atom. The number of aliphatic imine (C=N–C) groups is 1. The summed E-state index contributed by atoms with van der Waals surface area (Å²) in [7, 11) is 3.83. The SMILES string of the molecule is CN=C(NCC1CCSCC1)N(C)Cc1ccon1. The molecule has 0 atom stereocenters. The average Bonchev–Trinajstić information content (AvgIpc) is 2.93. The Kier molecular flexibility index (Phi) is 5.57. The van der Waals surface area contributed by atoms with Gasteiger partial charge >= 0.3 is 0 Å². The van der Waals surface area contributed by atoms with E-state index >= 15 is 0 Å². The van der Waals surface area contributed by atoms with E-state index in [1.807, 2.05) is 20.2 Å². The van der Waals surface area contributed by atoms with E-state index < -0.39 is 0 Å². The van der Waals surface area contributed by atoms with E-state index in [9.17, 15) is 0 Å². The maximum atomic E-state index is 4.84. The van der Waals surface area contributed by atoms with Crippen LogP contribution in [0.25, 0.3) is 0 Å². The first-order valence-electron chi connectivity index (χ1n) is 6.68. The topological polar surface area (TPSA) is 53.7 Å². The second-order valence-electron chi connectivity index (χ2n) is 4.83. The van der Waals surface area contributed by atoms with Crippen LogP contribution in [0.2, 0.25) is 0 Å². The second kappa shape index (κ2) is 7.43. The van der Waals surface area contributed by atoms with Crippen molar-refractivity contribution in [3.05, 3.63) is 18.0 Å². The van der Waals surface area contributed by atoms with Gasteiger partial charge in [0, 0.05) is 26.7 Å². The molecule has 2 heterocycles. The Morgan fingerprint density at radius 3 is 3.00 bits per heavy atom. The highest BCUT2D eigenvalue weighted by Gasteiger charge is 2.15. The molecule has 0 spiro atoms. The molecule has 0 aliphatic carbocycles. The van der Waals surface area contributed by atoms with Gasteiger partial charge < -0.3 is 14.7 Å². The van der Waals surface area contributed by atoms with Crippen molar-refractivity contribution in [3.8, 4) is 0 Å². The zero-order valence-corrected chi connectivity index (χ0v) is 12.4. The largest absolute Gasteiger partial charge is 0.364 e. The minimum atomic E-state index is 0.705. The first-order chi connectivity index (χ1) is 9.29. The Balaban J connectivity index is 1.78. The van der Waals surface area contributed by atoms with Crippen molar-refractivity contribution >= 4 is 17.7 Å². The molecule has 1 fully saturated rings. The first kappa shape index (κ1) is 14.2. The lowest BCUT2D eigenvalue weighted by molar-refractivity contribution is 0.388. The quantitative estimate of drug-likeness (QED) is 0.674. The lowest BCUT2D eigenvalue weighted by Crippen LogP contribution is -2.41. The first-order valence-corrected chi connectivity index (χ1v) is 7.84. The van der Waals surface area contributed by atoms with Gasteiger partial charge in [-0.3, -0.25) is 4.99 Å². The van der Waals surface area contributed by atoms with Crippen LogP contribution in [0, 0.1) is 5.92 Å². The summed E-state index contributed by atoms with van der Waals surface area (Å²) in [5.41, 5.74) is 0.916. The number of rotatable bonds is 4. The minimum absolute atomic E-state index is 0.705. The maximum Gasteiger partial charge on any atom is 0.193 e. The Bertz CT molecular complexity index is 387. The number of guanidine groups is 1. The molecule has 1 aliphatic heterocycles. The third-order valence-electron chi connectivity index (χ3n) is 3.35. The molecule has 1 N–H and O–H groups in total. The Labute approximate surface area is 118 Å². The second-order valence-corrected chi connectivity index (χ2v) is 6.06. The summed E-state index contributed by atoms with van der Waals surface area (Å²) in [6.45, 7) is 1.72. The van der Waals surface area contributed by atoms with Crippen LogP contribution in [-0.4, -0.2) is 48.2 Å². The molecule has 6 heteroatoms. The summed E-state index contributed by atoms with van der Waals surface area (Å²) in [6, 6.07) is 1.88. The summed E-state index contributed by atoms with van der Waals surface area (Å²) in [6.07, 6.45) is 4.21. The molecule has 106 valence electrons. The van der Waals surface area contributed by atoms with Crippen LogP contribution >= 0.6 is 11.8 Å². The van der Waals surface area contributed by atoms with E-state index in [1.54, 1.807) is 6.26 Å². The third kappa shape index (κ3) is 4.45. The average molecular weight is 282 g/mol. The molecule has 0 unspecified atom stereocenters. The number of aromatic nitrogens is 1. The number of hydrogen-bond acceptors (Lipinski definition) is 4. The summed E-state index contributed by atoms with van der Waals surface area (Å²) in [5, 5.41) is 7.38. The van der Waals surface area contributed by atoms with Gasteiger partial charge in [-0.15, -0.1) is 0 Å². The molecule has 2 rings (SSSR count). The number of thioether (sulfide) groups is 1.